The first kappa shape index (κ1) is 11.3. The molecular weight excluding hydrogens is 312 g/mol. The van der Waals surface area contributed by atoms with Crippen molar-refractivity contribution in [3.63, 3.8) is 0 Å². The first-order valence-electron chi connectivity index (χ1n) is 3.85. The lowest BCUT2D eigenvalue weighted by Crippen LogP contribution is -2.21. The van der Waals surface area contributed by atoms with E-state index in [1.54, 1.807) is 0 Å². The summed E-state index contributed by atoms with van der Waals surface area (Å²) in [6, 6.07) is 9.22. The number of carbonyl (C=O) groups is 1. The number of hydrogen-bond donors (Lipinski definition) is 1. The van der Waals surface area contributed by atoms with Crippen LogP contribution in [-0.4, -0.2) is 9.83 Å². The number of para-hydroxylation sites is 1. The Morgan fingerprint density at radius 2 is 2.07 bits per heavy atom. The van der Waals surface area contributed by atoms with E-state index in [0.717, 1.165) is 5.69 Å². The van der Waals surface area contributed by atoms with Crippen LogP contribution in [0.4, 0.5) is 5.69 Å². The van der Waals surface area contributed by atoms with E-state index in [1.807, 2.05) is 52.9 Å². The highest BCUT2D eigenvalue weighted by Crippen LogP contribution is 2.08. The molecule has 0 saturated carbocycles. The van der Waals surface area contributed by atoms with Crippen LogP contribution >= 0.6 is 34.2 Å². The minimum atomic E-state index is -0.426. The third kappa shape index (κ3) is 3.56. The molecule has 0 aliphatic rings. The molecule has 1 atom stereocenters. The van der Waals surface area contributed by atoms with E-state index in [1.165, 1.54) is 0 Å². The van der Waals surface area contributed by atoms with E-state index in [9.17, 15) is 4.79 Å². The maximum Gasteiger partial charge on any atom is 0.249 e. The highest BCUT2D eigenvalue weighted by molar-refractivity contribution is 14.1. The van der Waals surface area contributed by atoms with Gasteiger partial charge in [0.05, 0.1) is 0 Å². The van der Waals surface area contributed by atoms with Crippen molar-refractivity contribution in [1.82, 2.24) is 0 Å². The van der Waals surface area contributed by atoms with E-state index in [4.69, 9.17) is 11.6 Å². The molecule has 72 valence electrons. The first-order chi connectivity index (χ1) is 6.74. The zero-order chi connectivity index (χ0) is 10.4. The zero-order valence-electron chi connectivity index (χ0n) is 7.13. The Labute approximate surface area is 101 Å². The largest absolute Gasteiger partial charge is 0.324 e. The van der Waals surface area contributed by atoms with Crippen LogP contribution in [0, 0.1) is 11.3 Å². The molecule has 1 aromatic rings. The molecule has 0 bridgehead atoms. The van der Waals surface area contributed by atoms with Gasteiger partial charge in [-0.2, -0.15) is 0 Å². The molecule has 0 heterocycles. The van der Waals surface area contributed by atoms with Crippen molar-refractivity contribution in [2.24, 2.45) is 0 Å². The number of anilines is 1. The van der Waals surface area contributed by atoms with Crippen molar-refractivity contribution in [3.8, 4) is 11.3 Å². The van der Waals surface area contributed by atoms with Crippen LogP contribution in [0.1, 0.15) is 0 Å². The summed E-state index contributed by atoms with van der Waals surface area (Å²) in [6.07, 6.45) is 0. The topological polar surface area (TPSA) is 29.1 Å². The van der Waals surface area contributed by atoms with Crippen LogP contribution in [0.15, 0.2) is 30.3 Å². The van der Waals surface area contributed by atoms with Crippen LogP contribution in [0.2, 0.25) is 0 Å². The fourth-order valence-electron chi connectivity index (χ4n) is 0.841. The molecule has 4 heteroatoms. The zero-order valence-corrected chi connectivity index (χ0v) is 10.0. The molecule has 1 N–H and O–H groups in total. The van der Waals surface area contributed by atoms with Crippen LogP contribution in [-0.2, 0) is 4.79 Å². The van der Waals surface area contributed by atoms with Crippen molar-refractivity contribution in [2.45, 2.75) is 3.92 Å². The van der Waals surface area contributed by atoms with Gasteiger partial charge >= 0.3 is 0 Å². The lowest BCUT2D eigenvalue weighted by molar-refractivity contribution is -0.114. The predicted octanol–water partition coefficient (Wildman–Crippen LogP) is 2.63. The van der Waals surface area contributed by atoms with Crippen molar-refractivity contribution < 1.29 is 4.79 Å². The van der Waals surface area contributed by atoms with Crippen LogP contribution in [0.25, 0.3) is 0 Å². The average molecular weight is 320 g/mol. The molecular formula is C10H7ClINO. The molecule has 0 aliphatic heterocycles. The summed E-state index contributed by atoms with van der Waals surface area (Å²) in [5.41, 5.74) is 0.760. The molecule has 1 rings (SSSR count). The van der Waals surface area contributed by atoms with Gasteiger partial charge in [0.25, 0.3) is 0 Å². The van der Waals surface area contributed by atoms with Gasteiger partial charge in [-0.25, -0.2) is 0 Å². The van der Waals surface area contributed by atoms with Crippen molar-refractivity contribution in [3.05, 3.63) is 30.3 Å². The molecule has 0 aromatic heterocycles. The van der Waals surface area contributed by atoms with E-state index in [-0.39, 0.29) is 5.91 Å². The van der Waals surface area contributed by atoms with E-state index < -0.39 is 3.92 Å². The van der Waals surface area contributed by atoms with Gasteiger partial charge in [0, 0.05) is 11.1 Å². The van der Waals surface area contributed by atoms with Gasteiger partial charge in [-0.1, -0.05) is 46.7 Å². The van der Waals surface area contributed by atoms with Crippen molar-refractivity contribution >= 4 is 45.8 Å². The summed E-state index contributed by atoms with van der Waals surface area (Å²) in [5.74, 6) is 2.39. The summed E-state index contributed by atoms with van der Waals surface area (Å²) in [4.78, 5) is 11.4. The summed E-state index contributed by atoms with van der Waals surface area (Å²) in [5, 5.41) is 4.91. The van der Waals surface area contributed by atoms with E-state index >= 15 is 0 Å². The van der Waals surface area contributed by atoms with Crippen LogP contribution in [0.3, 0.4) is 0 Å². The molecule has 0 fully saturated rings. The minimum absolute atomic E-state index is 0.162. The molecule has 0 spiro atoms. The second-order valence-electron chi connectivity index (χ2n) is 2.46. The fourth-order valence-corrected chi connectivity index (χ4v) is 1.45. The molecule has 1 aromatic carbocycles. The average Bonchev–Trinajstić information content (AvgIpc) is 2.19. The lowest BCUT2D eigenvalue weighted by atomic mass is 10.3. The van der Waals surface area contributed by atoms with Crippen LogP contribution < -0.4 is 5.32 Å². The second-order valence-corrected chi connectivity index (χ2v) is 3.89. The van der Waals surface area contributed by atoms with Gasteiger partial charge in [0.2, 0.25) is 5.91 Å². The standard InChI is InChI=1S/C10H7ClINO/c11-7-6-9(12)10(14)13-8-4-2-1-3-5-8/h1-5,9H,(H,13,14). The Morgan fingerprint density at radius 1 is 1.43 bits per heavy atom. The van der Waals surface area contributed by atoms with Crippen molar-refractivity contribution in [1.29, 1.82) is 0 Å². The van der Waals surface area contributed by atoms with Crippen molar-refractivity contribution in [2.75, 3.05) is 5.32 Å². The predicted molar refractivity (Wildman–Crippen MR) is 66.5 cm³/mol. The highest BCUT2D eigenvalue weighted by atomic mass is 127. The molecule has 0 radical (unpaired) electrons. The number of benzene rings is 1. The number of amides is 1. The fraction of sp³-hybridized carbons (Fsp3) is 0.100. The molecule has 2 nitrogen and oxygen atoms in total. The van der Waals surface area contributed by atoms with E-state index in [2.05, 4.69) is 16.6 Å². The SMILES string of the molecule is O=C(Nc1ccccc1)C(I)C#CCl. The summed E-state index contributed by atoms with van der Waals surface area (Å²) in [6.45, 7) is 0. The highest BCUT2D eigenvalue weighted by Gasteiger charge is 2.10. The Hall–Kier alpha value is -0.730. The maximum atomic E-state index is 11.4. The minimum Gasteiger partial charge on any atom is -0.324 e. The molecule has 1 amide bonds. The summed E-state index contributed by atoms with van der Waals surface area (Å²) < 4.78 is -0.426. The number of carbonyl (C=O) groups excluding carboxylic acids is 1. The Balaban J connectivity index is 2.60. The smallest absolute Gasteiger partial charge is 0.249 e. The molecule has 14 heavy (non-hydrogen) atoms. The lowest BCUT2D eigenvalue weighted by Gasteiger charge is -2.04. The number of nitrogens with one attached hydrogen (secondary N) is 1. The quantitative estimate of drug-likeness (QED) is 0.507. The Bertz CT molecular complexity index is 369. The number of rotatable bonds is 2. The second kappa shape index (κ2) is 5.89. The number of alkyl halides is 1. The summed E-state index contributed by atoms with van der Waals surface area (Å²) in [7, 11) is 0. The first-order valence-corrected chi connectivity index (χ1v) is 5.47. The monoisotopic (exact) mass is 319 g/mol. The van der Waals surface area contributed by atoms with Gasteiger partial charge in [0.15, 0.2) is 3.92 Å². The normalized spacial score (nSPS) is 11.0. The number of halogens is 2. The van der Waals surface area contributed by atoms with Crippen LogP contribution in [0.5, 0.6) is 0 Å². The van der Waals surface area contributed by atoms with Gasteiger partial charge in [-0.05, 0) is 23.7 Å². The number of hydrogen-bond acceptors (Lipinski definition) is 1. The molecule has 1 unspecified atom stereocenters. The third-order valence-electron chi connectivity index (χ3n) is 1.45. The third-order valence-corrected chi connectivity index (χ3v) is 2.44. The summed E-state index contributed by atoms with van der Waals surface area (Å²) >= 11 is 7.12. The molecule has 0 saturated heterocycles. The Kier molecular flexibility index (Phi) is 4.77. The Morgan fingerprint density at radius 3 is 2.64 bits per heavy atom. The molecule has 0 aliphatic carbocycles. The van der Waals surface area contributed by atoms with Gasteiger partial charge in [-0.15, -0.1) is 0 Å². The van der Waals surface area contributed by atoms with Gasteiger partial charge in [0.1, 0.15) is 0 Å². The van der Waals surface area contributed by atoms with Gasteiger partial charge < -0.3 is 5.32 Å². The van der Waals surface area contributed by atoms with E-state index in [0.29, 0.717) is 0 Å². The van der Waals surface area contributed by atoms with Gasteiger partial charge in [-0.3, -0.25) is 4.79 Å². The maximum absolute atomic E-state index is 11.4.